The van der Waals surface area contributed by atoms with Gasteiger partial charge in [0.2, 0.25) is 11.8 Å². The minimum absolute atomic E-state index is 0.0401. The molecule has 162 valence electrons. The fourth-order valence-corrected chi connectivity index (χ4v) is 6.17. The van der Waals surface area contributed by atoms with E-state index in [1.54, 1.807) is 24.3 Å². The van der Waals surface area contributed by atoms with Crippen LogP contribution >= 0.6 is 0 Å². The first kappa shape index (κ1) is 20.9. The lowest BCUT2D eigenvalue weighted by Crippen LogP contribution is -2.57. The van der Waals surface area contributed by atoms with Crippen molar-refractivity contribution in [3.05, 3.63) is 24.3 Å². The predicted octanol–water partition coefficient (Wildman–Crippen LogP) is 3.91. The van der Waals surface area contributed by atoms with Crippen LogP contribution in [0.25, 0.3) is 0 Å². The van der Waals surface area contributed by atoms with E-state index >= 15 is 0 Å². The van der Waals surface area contributed by atoms with Gasteiger partial charge in [-0.15, -0.1) is 0 Å². The molecule has 1 unspecified atom stereocenters. The molecule has 4 saturated carbocycles. The zero-order chi connectivity index (χ0) is 21.5. The van der Waals surface area contributed by atoms with Crippen molar-refractivity contribution in [2.24, 2.45) is 29.1 Å². The third-order valence-corrected chi connectivity index (χ3v) is 7.12. The molecule has 0 saturated heterocycles. The van der Waals surface area contributed by atoms with Gasteiger partial charge in [0.05, 0.1) is 0 Å². The average Bonchev–Trinajstić information content (AvgIpc) is 2.65. The van der Waals surface area contributed by atoms with Crippen LogP contribution in [0.3, 0.4) is 0 Å². The molecular formula is C24H32N2O4. The van der Waals surface area contributed by atoms with Gasteiger partial charge >= 0.3 is 5.97 Å². The highest BCUT2D eigenvalue weighted by Gasteiger charge is 2.55. The number of hydrogen-bond acceptors (Lipinski definition) is 4. The molecule has 4 fully saturated rings. The summed E-state index contributed by atoms with van der Waals surface area (Å²) in [5, 5.41) is 5.74. The van der Waals surface area contributed by atoms with Crippen LogP contribution in [0.1, 0.15) is 59.3 Å². The van der Waals surface area contributed by atoms with E-state index in [-0.39, 0.29) is 23.1 Å². The Morgan fingerprint density at radius 1 is 0.967 bits per heavy atom. The standard InChI is InChI=1S/C24H32N2O4/c1-14(2)21(22(28)30-20-6-4-19(5-7-20)25-15(3)27)26-23(29)24-11-16-8-17(12-24)10-18(9-16)13-24/h4-7,14,16-18,21H,8-13H2,1-3H3,(H,25,27)(H,26,29). The topological polar surface area (TPSA) is 84.5 Å². The third kappa shape index (κ3) is 4.23. The number of carbonyl (C=O) groups excluding carboxylic acids is 3. The van der Waals surface area contributed by atoms with Crippen LogP contribution in [0.5, 0.6) is 5.75 Å². The lowest BCUT2D eigenvalue weighted by molar-refractivity contribution is -0.151. The molecule has 4 aliphatic carbocycles. The Hall–Kier alpha value is -2.37. The SMILES string of the molecule is CC(=O)Nc1ccc(OC(=O)C(NC(=O)C23CC4CC(CC(C4)C2)C3)C(C)C)cc1. The van der Waals surface area contributed by atoms with Crippen LogP contribution in [0, 0.1) is 29.1 Å². The Morgan fingerprint density at radius 2 is 1.50 bits per heavy atom. The maximum absolute atomic E-state index is 13.4. The molecule has 4 aliphatic rings. The molecule has 30 heavy (non-hydrogen) atoms. The summed E-state index contributed by atoms with van der Waals surface area (Å²) in [6.45, 7) is 5.28. The van der Waals surface area contributed by atoms with Gasteiger partial charge in [-0.3, -0.25) is 9.59 Å². The number of benzene rings is 1. The van der Waals surface area contributed by atoms with Gasteiger partial charge in [0.25, 0.3) is 0 Å². The van der Waals surface area contributed by atoms with Crippen LogP contribution in [0.2, 0.25) is 0 Å². The van der Waals surface area contributed by atoms with Gasteiger partial charge in [0.1, 0.15) is 11.8 Å². The number of rotatable bonds is 6. The van der Waals surface area contributed by atoms with Crippen molar-refractivity contribution >= 4 is 23.5 Å². The van der Waals surface area contributed by atoms with E-state index in [0.717, 1.165) is 19.3 Å². The quantitative estimate of drug-likeness (QED) is 0.548. The van der Waals surface area contributed by atoms with Crippen molar-refractivity contribution < 1.29 is 19.1 Å². The second-order valence-electron chi connectivity index (χ2n) is 10.0. The third-order valence-electron chi connectivity index (χ3n) is 7.12. The largest absolute Gasteiger partial charge is 0.425 e. The molecule has 0 aliphatic heterocycles. The van der Waals surface area contributed by atoms with Crippen molar-refractivity contribution in [1.29, 1.82) is 0 Å². The Balaban J connectivity index is 1.41. The molecule has 1 aromatic carbocycles. The van der Waals surface area contributed by atoms with Crippen LogP contribution in [0.15, 0.2) is 24.3 Å². The summed E-state index contributed by atoms with van der Waals surface area (Å²) in [6.07, 6.45) is 6.73. The minimum atomic E-state index is -0.680. The molecule has 4 bridgehead atoms. The average molecular weight is 413 g/mol. The second-order valence-corrected chi connectivity index (χ2v) is 10.0. The summed E-state index contributed by atoms with van der Waals surface area (Å²) in [6, 6.07) is 5.97. The number of carbonyl (C=O) groups is 3. The number of ether oxygens (including phenoxy) is 1. The first-order valence-corrected chi connectivity index (χ1v) is 11.1. The maximum atomic E-state index is 13.4. The minimum Gasteiger partial charge on any atom is -0.425 e. The van der Waals surface area contributed by atoms with Crippen LogP contribution in [-0.2, 0) is 14.4 Å². The zero-order valence-electron chi connectivity index (χ0n) is 18.1. The second kappa shape index (κ2) is 8.05. The Bertz CT molecular complexity index is 795. The molecule has 1 atom stereocenters. The zero-order valence-corrected chi connectivity index (χ0v) is 18.1. The van der Waals surface area contributed by atoms with E-state index in [2.05, 4.69) is 10.6 Å². The molecule has 1 aromatic rings. The summed E-state index contributed by atoms with van der Waals surface area (Å²) < 4.78 is 5.55. The first-order chi connectivity index (χ1) is 14.2. The summed E-state index contributed by atoms with van der Waals surface area (Å²) >= 11 is 0. The number of anilines is 1. The highest BCUT2D eigenvalue weighted by molar-refractivity contribution is 5.90. The lowest BCUT2D eigenvalue weighted by atomic mass is 9.49. The normalized spacial score (nSPS) is 30.1. The summed E-state index contributed by atoms with van der Waals surface area (Å²) in [5.41, 5.74) is 0.347. The predicted molar refractivity (Wildman–Crippen MR) is 114 cm³/mol. The van der Waals surface area contributed by atoms with Crippen molar-refractivity contribution in [2.75, 3.05) is 5.32 Å². The molecule has 5 rings (SSSR count). The number of nitrogens with one attached hydrogen (secondary N) is 2. The van der Waals surface area contributed by atoms with E-state index in [1.807, 2.05) is 13.8 Å². The van der Waals surface area contributed by atoms with Crippen molar-refractivity contribution in [1.82, 2.24) is 5.32 Å². The molecule has 0 aromatic heterocycles. The maximum Gasteiger partial charge on any atom is 0.334 e. The van der Waals surface area contributed by atoms with Gasteiger partial charge < -0.3 is 15.4 Å². The molecule has 0 heterocycles. The fraction of sp³-hybridized carbons (Fsp3) is 0.625. The van der Waals surface area contributed by atoms with Gasteiger partial charge in [-0.25, -0.2) is 4.79 Å². The van der Waals surface area contributed by atoms with Crippen molar-refractivity contribution in [2.45, 2.75) is 65.3 Å². The molecule has 0 radical (unpaired) electrons. The molecular weight excluding hydrogens is 380 g/mol. The lowest BCUT2D eigenvalue weighted by Gasteiger charge is -2.55. The Kier molecular flexibility index (Phi) is 5.60. The molecule has 2 N–H and O–H groups in total. The van der Waals surface area contributed by atoms with Crippen LogP contribution in [0.4, 0.5) is 5.69 Å². The van der Waals surface area contributed by atoms with E-state index < -0.39 is 12.0 Å². The van der Waals surface area contributed by atoms with Gasteiger partial charge in [-0.05, 0) is 86.5 Å². The molecule has 0 spiro atoms. The fourth-order valence-electron chi connectivity index (χ4n) is 6.17. The summed E-state index contributed by atoms with van der Waals surface area (Å²) in [4.78, 5) is 37.4. The van der Waals surface area contributed by atoms with Gasteiger partial charge in [-0.2, -0.15) is 0 Å². The van der Waals surface area contributed by atoms with Gasteiger partial charge in [-0.1, -0.05) is 13.8 Å². The molecule has 6 nitrogen and oxygen atoms in total. The van der Waals surface area contributed by atoms with Gasteiger partial charge in [0, 0.05) is 18.0 Å². The monoisotopic (exact) mass is 412 g/mol. The highest BCUT2D eigenvalue weighted by Crippen LogP contribution is 2.60. The number of amides is 2. The van der Waals surface area contributed by atoms with E-state index in [9.17, 15) is 14.4 Å². The van der Waals surface area contributed by atoms with Crippen molar-refractivity contribution in [3.63, 3.8) is 0 Å². The van der Waals surface area contributed by atoms with Crippen molar-refractivity contribution in [3.8, 4) is 5.75 Å². The first-order valence-electron chi connectivity index (χ1n) is 11.1. The van der Waals surface area contributed by atoms with Crippen LogP contribution in [-0.4, -0.2) is 23.8 Å². The Labute approximate surface area is 178 Å². The van der Waals surface area contributed by atoms with Gasteiger partial charge in [0.15, 0.2) is 0 Å². The molecule has 6 heteroatoms. The Morgan fingerprint density at radius 3 is 1.97 bits per heavy atom. The van der Waals surface area contributed by atoms with E-state index in [0.29, 0.717) is 29.2 Å². The number of hydrogen-bond donors (Lipinski definition) is 2. The number of esters is 1. The molecule has 2 amide bonds. The summed E-state index contributed by atoms with van der Waals surface area (Å²) in [5.74, 6) is 1.77. The van der Waals surface area contributed by atoms with E-state index in [4.69, 9.17) is 4.74 Å². The highest BCUT2D eigenvalue weighted by atomic mass is 16.5. The smallest absolute Gasteiger partial charge is 0.334 e. The summed E-state index contributed by atoms with van der Waals surface area (Å²) in [7, 11) is 0. The van der Waals surface area contributed by atoms with E-state index in [1.165, 1.54) is 26.2 Å². The van der Waals surface area contributed by atoms with Crippen LogP contribution < -0.4 is 15.4 Å².